The molecule has 0 atom stereocenters. The zero-order chi connectivity index (χ0) is 22.3. The molecule has 2 aromatic rings. The number of piperazine rings is 1. The Labute approximate surface area is 186 Å². The van der Waals surface area contributed by atoms with Crippen LogP contribution in [-0.4, -0.2) is 85.7 Å². The van der Waals surface area contributed by atoms with Gasteiger partial charge in [0.25, 0.3) is 5.91 Å². The van der Waals surface area contributed by atoms with Gasteiger partial charge in [-0.15, -0.1) is 0 Å². The highest BCUT2D eigenvalue weighted by atomic mass is 19.1. The lowest BCUT2D eigenvalue weighted by atomic mass is 10.2. The molecule has 9 heteroatoms. The highest BCUT2D eigenvalue weighted by Gasteiger charge is 2.23. The molecule has 1 aromatic carbocycles. The second-order valence-electron chi connectivity index (χ2n) is 7.83. The van der Waals surface area contributed by atoms with E-state index in [1.807, 2.05) is 6.07 Å². The van der Waals surface area contributed by atoms with Gasteiger partial charge in [-0.3, -0.25) is 9.69 Å². The number of ether oxygens (including phenoxy) is 2. The molecule has 0 spiro atoms. The summed E-state index contributed by atoms with van der Waals surface area (Å²) in [6.45, 7) is 5.35. The lowest BCUT2D eigenvalue weighted by Gasteiger charge is -2.34. The zero-order valence-electron chi connectivity index (χ0n) is 17.9. The Morgan fingerprint density at radius 3 is 2.44 bits per heavy atom. The van der Waals surface area contributed by atoms with E-state index < -0.39 is 5.97 Å². The molecule has 0 radical (unpaired) electrons. The van der Waals surface area contributed by atoms with Crippen molar-refractivity contribution in [3.8, 4) is 0 Å². The topological polar surface area (TPSA) is 75.2 Å². The maximum atomic E-state index is 13.8. The molecule has 8 nitrogen and oxygen atoms in total. The Kier molecular flexibility index (Phi) is 7.28. The number of anilines is 1. The maximum absolute atomic E-state index is 13.8. The minimum atomic E-state index is -0.572. The molecule has 2 saturated heterocycles. The molecular weight excluding hydrogens is 415 g/mol. The zero-order valence-corrected chi connectivity index (χ0v) is 17.9. The van der Waals surface area contributed by atoms with Crippen molar-refractivity contribution in [2.45, 2.75) is 6.54 Å². The third-order valence-electron chi connectivity index (χ3n) is 5.72. The van der Waals surface area contributed by atoms with E-state index in [0.717, 1.165) is 18.9 Å². The molecular formula is C23H27FN4O4. The van der Waals surface area contributed by atoms with Gasteiger partial charge in [0.2, 0.25) is 0 Å². The van der Waals surface area contributed by atoms with Gasteiger partial charge in [-0.2, -0.15) is 0 Å². The van der Waals surface area contributed by atoms with Crippen molar-refractivity contribution in [1.29, 1.82) is 0 Å². The van der Waals surface area contributed by atoms with E-state index in [2.05, 4.69) is 14.8 Å². The molecule has 1 amide bonds. The van der Waals surface area contributed by atoms with Crippen LogP contribution >= 0.6 is 0 Å². The predicted molar refractivity (Wildman–Crippen MR) is 116 cm³/mol. The molecule has 170 valence electrons. The predicted octanol–water partition coefficient (Wildman–Crippen LogP) is 1.56. The summed E-state index contributed by atoms with van der Waals surface area (Å²) in [5.41, 5.74) is 0.957. The average Bonchev–Trinajstić information content (AvgIpc) is 2.85. The molecule has 2 aliphatic rings. The van der Waals surface area contributed by atoms with Crippen LogP contribution in [0, 0.1) is 5.82 Å². The van der Waals surface area contributed by atoms with Crippen LogP contribution in [0.4, 0.5) is 10.2 Å². The Morgan fingerprint density at radius 2 is 1.75 bits per heavy atom. The number of benzene rings is 1. The number of pyridine rings is 1. The van der Waals surface area contributed by atoms with Gasteiger partial charge in [0, 0.05) is 57.6 Å². The Bertz CT molecular complexity index is 926. The maximum Gasteiger partial charge on any atom is 0.340 e. The monoisotopic (exact) mass is 442 g/mol. The van der Waals surface area contributed by atoms with Gasteiger partial charge in [-0.25, -0.2) is 14.2 Å². The van der Waals surface area contributed by atoms with Crippen molar-refractivity contribution in [3.63, 3.8) is 0 Å². The summed E-state index contributed by atoms with van der Waals surface area (Å²) in [5, 5.41) is 0. The van der Waals surface area contributed by atoms with Crippen molar-refractivity contribution in [1.82, 2.24) is 14.8 Å². The molecule has 32 heavy (non-hydrogen) atoms. The molecule has 0 unspecified atom stereocenters. The van der Waals surface area contributed by atoms with Crippen LogP contribution < -0.4 is 4.90 Å². The lowest BCUT2D eigenvalue weighted by molar-refractivity contribution is -0.136. The number of hydrogen-bond donors (Lipinski definition) is 0. The van der Waals surface area contributed by atoms with Gasteiger partial charge < -0.3 is 19.3 Å². The van der Waals surface area contributed by atoms with Gasteiger partial charge in [0.05, 0.1) is 18.8 Å². The van der Waals surface area contributed by atoms with Crippen LogP contribution in [0.1, 0.15) is 15.9 Å². The number of carbonyl (C=O) groups excluding carboxylic acids is 2. The van der Waals surface area contributed by atoms with Gasteiger partial charge in [0.1, 0.15) is 11.6 Å². The third-order valence-corrected chi connectivity index (χ3v) is 5.72. The van der Waals surface area contributed by atoms with Crippen LogP contribution in [0.15, 0.2) is 42.6 Å². The summed E-state index contributed by atoms with van der Waals surface area (Å²) in [6, 6.07) is 10.2. The molecule has 1 aromatic heterocycles. The van der Waals surface area contributed by atoms with Crippen LogP contribution in [0.5, 0.6) is 0 Å². The fraction of sp³-hybridized carbons (Fsp3) is 0.435. The van der Waals surface area contributed by atoms with E-state index in [1.54, 1.807) is 29.2 Å². The molecule has 0 bridgehead atoms. The second kappa shape index (κ2) is 10.5. The number of morpholine rings is 1. The number of carbonyl (C=O) groups is 2. The third kappa shape index (κ3) is 5.60. The molecule has 2 fully saturated rings. The van der Waals surface area contributed by atoms with Crippen molar-refractivity contribution in [2.75, 3.05) is 64.0 Å². The number of aromatic nitrogens is 1. The number of nitrogens with zero attached hydrogens (tertiary/aromatic N) is 4. The van der Waals surface area contributed by atoms with E-state index in [9.17, 15) is 14.0 Å². The molecule has 0 N–H and O–H groups in total. The van der Waals surface area contributed by atoms with Crippen LogP contribution in [-0.2, 0) is 20.8 Å². The molecule has 2 aliphatic heterocycles. The van der Waals surface area contributed by atoms with Crippen LogP contribution in [0.3, 0.4) is 0 Å². The van der Waals surface area contributed by atoms with Gasteiger partial charge in [-0.05, 0) is 18.2 Å². The van der Waals surface area contributed by atoms with Crippen LogP contribution in [0.25, 0.3) is 0 Å². The van der Waals surface area contributed by atoms with E-state index >= 15 is 0 Å². The normalized spacial score (nSPS) is 17.3. The first-order valence-corrected chi connectivity index (χ1v) is 10.8. The quantitative estimate of drug-likeness (QED) is 0.629. The number of esters is 1. The minimum absolute atomic E-state index is 0.217. The molecule has 0 saturated carbocycles. The first-order chi connectivity index (χ1) is 15.6. The highest BCUT2D eigenvalue weighted by Crippen LogP contribution is 2.14. The summed E-state index contributed by atoms with van der Waals surface area (Å²) < 4.78 is 24.4. The first kappa shape index (κ1) is 22.2. The van der Waals surface area contributed by atoms with E-state index in [4.69, 9.17) is 9.47 Å². The Hall–Kier alpha value is -3.04. The van der Waals surface area contributed by atoms with Crippen molar-refractivity contribution in [3.05, 3.63) is 59.5 Å². The summed E-state index contributed by atoms with van der Waals surface area (Å²) in [6.07, 6.45) is 1.47. The minimum Gasteiger partial charge on any atom is -0.452 e. The SMILES string of the molecule is O=C(OCC(=O)N1CCN(Cc2ccccc2F)CC1)c1ccc(N2CCOCC2)nc1. The first-order valence-electron chi connectivity index (χ1n) is 10.8. The smallest absolute Gasteiger partial charge is 0.340 e. The van der Waals surface area contributed by atoms with Crippen molar-refractivity contribution in [2.24, 2.45) is 0 Å². The van der Waals surface area contributed by atoms with E-state index in [1.165, 1.54) is 12.3 Å². The number of rotatable bonds is 6. The Morgan fingerprint density at radius 1 is 1.00 bits per heavy atom. The number of amides is 1. The van der Waals surface area contributed by atoms with E-state index in [0.29, 0.717) is 57.1 Å². The largest absolute Gasteiger partial charge is 0.452 e. The molecule has 0 aliphatic carbocycles. The summed E-state index contributed by atoms with van der Waals surface area (Å²) >= 11 is 0. The number of halogens is 1. The van der Waals surface area contributed by atoms with Gasteiger partial charge >= 0.3 is 5.97 Å². The van der Waals surface area contributed by atoms with Gasteiger partial charge in [-0.1, -0.05) is 18.2 Å². The van der Waals surface area contributed by atoms with Gasteiger partial charge in [0.15, 0.2) is 6.61 Å². The second-order valence-corrected chi connectivity index (χ2v) is 7.83. The average molecular weight is 442 g/mol. The summed E-state index contributed by atoms with van der Waals surface area (Å²) in [7, 11) is 0. The summed E-state index contributed by atoms with van der Waals surface area (Å²) in [5.74, 6) is -0.237. The lowest BCUT2D eigenvalue weighted by Crippen LogP contribution is -2.49. The number of hydrogen-bond acceptors (Lipinski definition) is 7. The Balaban J connectivity index is 1.21. The van der Waals surface area contributed by atoms with Crippen LogP contribution in [0.2, 0.25) is 0 Å². The van der Waals surface area contributed by atoms with E-state index in [-0.39, 0.29) is 18.3 Å². The van der Waals surface area contributed by atoms with Crippen molar-refractivity contribution >= 4 is 17.7 Å². The fourth-order valence-electron chi connectivity index (χ4n) is 3.81. The molecule has 4 rings (SSSR count). The van der Waals surface area contributed by atoms with Crippen molar-refractivity contribution < 1.29 is 23.5 Å². The highest BCUT2D eigenvalue weighted by molar-refractivity contribution is 5.91. The summed E-state index contributed by atoms with van der Waals surface area (Å²) in [4.78, 5) is 34.9. The molecule has 3 heterocycles. The fourth-order valence-corrected chi connectivity index (χ4v) is 3.81. The standard InChI is InChI=1S/C23H27FN4O4/c24-20-4-2-1-3-19(20)16-26-7-9-28(10-8-26)22(29)17-32-23(30)18-5-6-21(25-15-18)27-11-13-31-14-12-27/h1-6,15H,7-14,16-17H2.